The lowest BCUT2D eigenvalue weighted by Gasteiger charge is -2.33. The summed E-state index contributed by atoms with van der Waals surface area (Å²) in [4.78, 5) is 20.7. The van der Waals surface area contributed by atoms with Crippen molar-refractivity contribution in [1.29, 1.82) is 0 Å². The maximum absolute atomic E-state index is 13.3. The topological polar surface area (TPSA) is 89.9 Å². The van der Waals surface area contributed by atoms with E-state index in [0.717, 1.165) is 5.56 Å². The highest BCUT2D eigenvalue weighted by Crippen LogP contribution is 2.31. The van der Waals surface area contributed by atoms with Gasteiger partial charge < -0.3 is 14.0 Å². The van der Waals surface area contributed by atoms with Crippen LogP contribution in [0.5, 0.6) is 0 Å². The third kappa shape index (κ3) is 3.81. The van der Waals surface area contributed by atoms with Crippen molar-refractivity contribution < 1.29 is 13.7 Å². The van der Waals surface area contributed by atoms with Crippen molar-refractivity contribution in [1.82, 2.24) is 29.8 Å². The molecule has 0 fully saturated rings. The van der Waals surface area contributed by atoms with E-state index in [1.165, 1.54) is 17.0 Å². The third-order valence-electron chi connectivity index (χ3n) is 6.10. The molecule has 2 aromatic carbocycles. The lowest BCUT2D eigenvalue weighted by atomic mass is 10.1. The molecule has 1 aliphatic heterocycles. The molecule has 0 bridgehead atoms. The Hall–Kier alpha value is -4.18. The summed E-state index contributed by atoms with van der Waals surface area (Å²) in [6.45, 7) is 2.91. The Balaban J connectivity index is 1.23. The molecule has 0 N–H and O–H groups in total. The predicted octanol–water partition coefficient (Wildman–Crippen LogP) is 5.08. The van der Waals surface area contributed by atoms with Crippen LogP contribution < -0.4 is 0 Å². The number of aromatic nitrogens is 5. The van der Waals surface area contributed by atoms with Crippen molar-refractivity contribution in [2.45, 2.75) is 19.5 Å². The zero-order chi connectivity index (χ0) is 23.9. The molecule has 35 heavy (non-hydrogen) atoms. The highest BCUT2D eigenvalue weighted by atomic mass is 32.1. The van der Waals surface area contributed by atoms with Crippen LogP contribution in [0.3, 0.4) is 0 Å². The fourth-order valence-electron chi connectivity index (χ4n) is 4.24. The molecule has 5 aromatic rings. The first-order valence-electron chi connectivity index (χ1n) is 11.1. The monoisotopic (exact) mass is 486 g/mol. The van der Waals surface area contributed by atoms with Crippen molar-refractivity contribution in [3.8, 4) is 33.5 Å². The van der Waals surface area contributed by atoms with Gasteiger partial charge in [-0.15, -0.1) is 21.5 Å². The predicted molar refractivity (Wildman–Crippen MR) is 128 cm³/mol. The maximum Gasteiger partial charge on any atom is 0.296 e. The molecule has 174 valence electrons. The minimum atomic E-state index is -0.337. The first-order valence-corrected chi connectivity index (χ1v) is 11.9. The van der Waals surface area contributed by atoms with E-state index in [2.05, 4.69) is 26.4 Å². The smallest absolute Gasteiger partial charge is 0.296 e. The number of halogens is 1. The Bertz CT molecular complexity index is 1490. The number of thiophene rings is 1. The highest BCUT2D eigenvalue weighted by molar-refractivity contribution is 7.13. The van der Waals surface area contributed by atoms with Crippen LogP contribution in [0.2, 0.25) is 0 Å². The number of amides is 1. The summed E-state index contributed by atoms with van der Waals surface area (Å²) in [5.74, 6) is 1.26. The Kier molecular flexibility index (Phi) is 5.22. The van der Waals surface area contributed by atoms with Crippen LogP contribution in [0.4, 0.5) is 4.39 Å². The largest absolute Gasteiger partial charge is 0.330 e. The molecule has 0 spiro atoms. The van der Waals surface area contributed by atoms with Crippen LogP contribution in [0.15, 0.2) is 70.6 Å². The van der Waals surface area contributed by atoms with Gasteiger partial charge in [-0.05, 0) is 60.3 Å². The van der Waals surface area contributed by atoms with Crippen LogP contribution in [-0.2, 0) is 6.54 Å². The summed E-state index contributed by atoms with van der Waals surface area (Å²) in [5, 5.41) is 14.6. The van der Waals surface area contributed by atoms with E-state index in [0.29, 0.717) is 41.7 Å². The standard InChI is InChI=1S/C25H19FN6O2S/c1-15-22-28-29-23(24-27-21(30-34-24)17-8-10-19(26)11-9-17)32(22)13-12-31(15)25(33)18-6-4-16(5-7-18)20-3-2-14-35-20/h2-11,14-15H,12-13H2,1H3. The van der Waals surface area contributed by atoms with E-state index in [1.54, 1.807) is 28.4 Å². The molecule has 1 atom stereocenters. The van der Waals surface area contributed by atoms with Crippen molar-refractivity contribution >= 4 is 17.2 Å². The van der Waals surface area contributed by atoms with Crippen LogP contribution in [-0.4, -0.2) is 42.3 Å². The first-order chi connectivity index (χ1) is 17.1. The molecule has 3 aromatic heterocycles. The zero-order valence-electron chi connectivity index (χ0n) is 18.6. The molecule has 10 heteroatoms. The first kappa shape index (κ1) is 21.4. The van der Waals surface area contributed by atoms with Crippen LogP contribution >= 0.6 is 11.3 Å². The number of nitrogens with zero attached hydrogens (tertiary/aromatic N) is 6. The Labute approximate surface area is 203 Å². The summed E-state index contributed by atoms with van der Waals surface area (Å²) >= 11 is 1.67. The molecular weight excluding hydrogens is 467 g/mol. The fraction of sp³-hybridized carbons (Fsp3) is 0.160. The van der Waals surface area contributed by atoms with Gasteiger partial charge in [0.05, 0.1) is 6.04 Å². The van der Waals surface area contributed by atoms with Gasteiger partial charge in [-0.2, -0.15) is 4.98 Å². The minimum Gasteiger partial charge on any atom is -0.330 e. The molecule has 0 radical (unpaired) electrons. The lowest BCUT2D eigenvalue weighted by Crippen LogP contribution is -2.41. The number of hydrogen-bond acceptors (Lipinski definition) is 7. The van der Waals surface area contributed by atoms with Crippen molar-refractivity contribution in [2.75, 3.05) is 6.54 Å². The van der Waals surface area contributed by atoms with Crippen molar-refractivity contribution in [2.24, 2.45) is 0 Å². The number of fused-ring (bicyclic) bond motifs is 1. The molecule has 1 unspecified atom stereocenters. The molecule has 0 saturated heterocycles. The second kappa shape index (κ2) is 8.55. The van der Waals surface area contributed by atoms with Gasteiger partial charge in [-0.1, -0.05) is 23.4 Å². The highest BCUT2D eigenvalue weighted by Gasteiger charge is 2.33. The molecule has 8 nitrogen and oxygen atoms in total. The van der Waals surface area contributed by atoms with Gasteiger partial charge in [0.25, 0.3) is 11.8 Å². The molecule has 1 amide bonds. The second-order valence-corrected chi connectivity index (χ2v) is 9.14. The SMILES string of the molecule is CC1c2nnc(-c3nc(-c4ccc(F)cc4)no3)n2CCN1C(=O)c1ccc(-c2cccs2)cc1. The zero-order valence-corrected chi connectivity index (χ0v) is 19.4. The molecular formula is C25H19FN6O2S. The molecule has 6 rings (SSSR count). The van der Waals surface area contributed by atoms with Crippen molar-refractivity contribution in [3.63, 3.8) is 0 Å². The number of rotatable bonds is 4. The lowest BCUT2D eigenvalue weighted by molar-refractivity contribution is 0.0638. The summed E-state index contributed by atoms with van der Waals surface area (Å²) in [6.07, 6.45) is 0. The summed E-state index contributed by atoms with van der Waals surface area (Å²) in [6, 6.07) is 17.3. The van der Waals surface area contributed by atoms with Gasteiger partial charge in [0, 0.05) is 29.1 Å². The number of benzene rings is 2. The quantitative estimate of drug-likeness (QED) is 0.352. The second-order valence-electron chi connectivity index (χ2n) is 8.19. The minimum absolute atomic E-state index is 0.0533. The number of carbonyl (C=O) groups is 1. The van der Waals surface area contributed by atoms with E-state index in [-0.39, 0.29) is 23.7 Å². The third-order valence-corrected chi connectivity index (χ3v) is 7.02. The molecule has 0 saturated carbocycles. The molecule has 4 heterocycles. The Morgan fingerprint density at radius 1 is 1.03 bits per heavy atom. The summed E-state index contributed by atoms with van der Waals surface area (Å²) in [5.41, 5.74) is 2.35. The molecule has 1 aliphatic rings. The van der Waals surface area contributed by atoms with Crippen LogP contribution in [0, 0.1) is 5.82 Å². The average molecular weight is 487 g/mol. The summed E-state index contributed by atoms with van der Waals surface area (Å²) < 4.78 is 20.5. The van der Waals surface area contributed by atoms with E-state index in [1.807, 2.05) is 47.2 Å². The Morgan fingerprint density at radius 3 is 2.54 bits per heavy atom. The molecule has 0 aliphatic carbocycles. The van der Waals surface area contributed by atoms with Crippen LogP contribution in [0.1, 0.15) is 29.1 Å². The van der Waals surface area contributed by atoms with Gasteiger partial charge in [0.15, 0.2) is 5.82 Å². The average Bonchev–Trinajstić information content (AvgIpc) is 3.65. The van der Waals surface area contributed by atoms with E-state index < -0.39 is 0 Å². The van der Waals surface area contributed by atoms with Gasteiger partial charge >= 0.3 is 0 Å². The maximum atomic E-state index is 13.3. The van der Waals surface area contributed by atoms with Gasteiger partial charge in [0.1, 0.15) is 5.82 Å². The van der Waals surface area contributed by atoms with Gasteiger partial charge in [-0.25, -0.2) is 4.39 Å². The van der Waals surface area contributed by atoms with E-state index in [9.17, 15) is 9.18 Å². The van der Waals surface area contributed by atoms with Crippen LogP contribution in [0.25, 0.3) is 33.5 Å². The van der Waals surface area contributed by atoms with Gasteiger partial charge in [0.2, 0.25) is 11.6 Å². The Morgan fingerprint density at radius 2 is 1.80 bits per heavy atom. The normalized spacial score (nSPS) is 15.3. The fourth-order valence-corrected chi connectivity index (χ4v) is 4.97. The van der Waals surface area contributed by atoms with E-state index in [4.69, 9.17) is 4.52 Å². The van der Waals surface area contributed by atoms with E-state index >= 15 is 0 Å². The summed E-state index contributed by atoms with van der Waals surface area (Å²) in [7, 11) is 0. The van der Waals surface area contributed by atoms with Gasteiger partial charge in [-0.3, -0.25) is 4.79 Å². The van der Waals surface area contributed by atoms with Crippen molar-refractivity contribution in [3.05, 3.63) is 83.2 Å². The number of hydrogen-bond donors (Lipinski definition) is 0. The number of carbonyl (C=O) groups excluding carboxylic acids is 1.